The van der Waals surface area contributed by atoms with E-state index in [2.05, 4.69) is 53.3 Å². The van der Waals surface area contributed by atoms with Crippen LogP contribution in [0.5, 0.6) is 0 Å². The molecule has 6 nitrogen and oxygen atoms in total. The first-order valence-electron chi connectivity index (χ1n) is 10.8. The van der Waals surface area contributed by atoms with Gasteiger partial charge in [-0.15, -0.1) is 0 Å². The van der Waals surface area contributed by atoms with E-state index in [-0.39, 0.29) is 12.6 Å². The van der Waals surface area contributed by atoms with E-state index in [1.807, 2.05) is 6.07 Å². The highest BCUT2D eigenvalue weighted by Crippen LogP contribution is 2.36. The summed E-state index contributed by atoms with van der Waals surface area (Å²) in [6.45, 7) is 3.77. The zero-order valence-electron chi connectivity index (χ0n) is 17.8. The Kier molecular flexibility index (Phi) is 6.51. The lowest BCUT2D eigenvalue weighted by Gasteiger charge is -2.29. The molecule has 0 saturated carbocycles. The second-order valence-electron chi connectivity index (χ2n) is 8.19. The van der Waals surface area contributed by atoms with Crippen molar-refractivity contribution in [3.8, 4) is 0 Å². The molecule has 0 fully saturated rings. The molecule has 1 heterocycles. The Labute approximate surface area is 182 Å². The van der Waals surface area contributed by atoms with Crippen LogP contribution >= 0.6 is 0 Å². The number of aliphatic hydroxyl groups excluding tert-OH is 1. The van der Waals surface area contributed by atoms with Crippen LogP contribution in [0.4, 0.5) is 0 Å². The first kappa shape index (κ1) is 21.3. The molecular weight excluding hydrogens is 390 g/mol. The van der Waals surface area contributed by atoms with E-state index < -0.39 is 5.91 Å². The SMILES string of the molecule is Cc1ccc2[nH]cc(CCN(CCO)C3CCc4cc(C=CC(=O)NO)ccc43)c2c1. The number of aliphatic hydroxyl groups is 1. The summed E-state index contributed by atoms with van der Waals surface area (Å²) in [5, 5.41) is 19.6. The monoisotopic (exact) mass is 419 g/mol. The van der Waals surface area contributed by atoms with E-state index in [0.29, 0.717) is 6.54 Å². The molecule has 1 unspecified atom stereocenters. The lowest BCUT2D eigenvalue weighted by atomic mass is 10.0. The van der Waals surface area contributed by atoms with Gasteiger partial charge >= 0.3 is 0 Å². The summed E-state index contributed by atoms with van der Waals surface area (Å²) >= 11 is 0. The van der Waals surface area contributed by atoms with Crippen LogP contribution in [0.2, 0.25) is 0 Å². The molecule has 2 aromatic carbocycles. The third-order valence-electron chi connectivity index (χ3n) is 6.17. The highest BCUT2D eigenvalue weighted by Gasteiger charge is 2.27. The minimum Gasteiger partial charge on any atom is -0.395 e. The number of H-pyrrole nitrogens is 1. The smallest absolute Gasteiger partial charge is 0.267 e. The molecule has 1 aliphatic carbocycles. The summed E-state index contributed by atoms with van der Waals surface area (Å²) in [5.41, 5.74) is 8.85. The Bertz CT molecular complexity index is 1100. The molecule has 6 heteroatoms. The summed E-state index contributed by atoms with van der Waals surface area (Å²) in [7, 11) is 0. The summed E-state index contributed by atoms with van der Waals surface area (Å²) in [6, 6.07) is 13.0. The molecule has 0 aliphatic heterocycles. The van der Waals surface area contributed by atoms with Gasteiger partial charge in [-0.25, -0.2) is 5.48 Å². The Morgan fingerprint density at radius 3 is 2.94 bits per heavy atom. The van der Waals surface area contributed by atoms with Crippen LogP contribution in [0, 0.1) is 6.92 Å². The predicted octanol–water partition coefficient (Wildman–Crippen LogP) is 3.52. The second-order valence-corrected chi connectivity index (χ2v) is 8.19. The fraction of sp³-hybridized carbons (Fsp3) is 0.320. The maximum atomic E-state index is 11.2. The largest absolute Gasteiger partial charge is 0.395 e. The van der Waals surface area contributed by atoms with Gasteiger partial charge in [0.1, 0.15) is 0 Å². The van der Waals surface area contributed by atoms with Crippen molar-refractivity contribution in [1.82, 2.24) is 15.4 Å². The quantitative estimate of drug-likeness (QED) is 0.256. The number of hydrogen-bond acceptors (Lipinski definition) is 4. The lowest BCUT2D eigenvalue weighted by molar-refractivity contribution is -0.124. The van der Waals surface area contributed by atoms with E-state index in [4.69, 9.17) is 5.21 Å². The van der Waals surface area contributed by atoms with Crippen LogP contribution in [0.15, 0.2) is 48.7 Å². The Balaban J connectivity index is 1.50. The lowest BCUT2D eigenvalue weighted by Crippen LogP contribution is -2.32. The van der Waals surface area contributed by atoms with Gasteiger partial charge in [0, 0.05) is 42.3 Å². The summed E-state index contributed by atoms with van der Waals surface area (Å²) in [5.74, 6) is -0.542. The summed E-state index contributed by atoms with van der Waals surface area (Å²) < 4.78 is 0. The van der Waals surface area contributed by atoms with Crippen molar-refractivity contribution in [3.63, 3.8) is 0 Å². The summed E-state index contributed by atoms with van der Waals surface area (Å²) in [6.07, 6.45) is 8.03. The fourth-order valence-electron chi connectivity index (χ4n) is 4.62. The van der Waals surface area contributed by atoms with E-state index >= 15 is 0 Å². The maximum Gasteiger partial charge on any atom is 0.267 e. The van der Waals surface area contributed by atoms with Crippen LogP contribution in [0.1, 0.15) is 40.3 Å². The van der Waals surface area contributed by atoms with E-state index in [1.54, 1.807) is 11.6 Å². The molecule has 1 amide bonds. The van der Waals surface area contributed by atoms with Crippen LogP contribution in [-0.2, 0) is 17.6 Å². The van der Waals surface area contributed by atoms with Gasteiger partial charge in [0.15, 0.2) is 0 Å². The number of carbonyl (C=O) groups excluding carboxylic acids is 1. The number of nitrogens with one attached hydrogen (secondary N) is 2. The Hall–Kier alpha value is -2.93. The third-order valence-corrected chi connectivity index (χ3v) is 6.17. The molecule has 0 saturated heterocycles. The van der Waals surface area contributed by atoms with E-state index in [9.17, 15) is 9.90 Å². The second kappa shape index (κ2) is 9.47. The highest BCUT2D eigenvalue weighted by atomic mass is 16.5. The van der Waals surface area contributed by atoms with Crippen LogP contribution in [0.25, 0.3) is 17.0 Å². The zero-order valence-corrected chi connectivity index (χ0v) is 17.8. The Morgan fingerprint density at radius 1 is 1.26 bits per heavy atom. The molecule has 1 atom stereocenters. The van der Waals surface area contributed by atoms with Crippen molar-refractivity contribution < 1.29 is 15.1 Å². The van der Waals surface area contributed by atoms with Gasteiger partial charge in [-0.1, -0.05) is 29.8 Å². The first-order chi connectivity index (χ1) is 15.1. The number of benzene rings is 2. The topological polar surface area (TPSA) is 88.6 Å². The number of amides is 1. The van der Waals surface area contributed by atoms with Gasteiger partial charge in [0.05, 0.1) is 6.61 Å². The number of aryl methyl sites for hydroxylation is 2. The minimum absolute atomic E-state index is 0.135. The predicted molar refractivity (Wildman–Crippen MR) is 122 cm³/mol. The van der Waals surface area contributed by atoms with Gasteiger partial charge in [0.2, 0.25) is 0 Å². The Morgan fingerprint density at radius 2 is 2.13 bits per heavy atom. The zero-order chi connectivity index (χ0) is 21.8. The van der Waals surface area contributed by atoms with Crippen molar-refractivity contribution >= 4 is 22.9 Å². The van der Waals surface area contributed by atoms with Crippen molar-refractivity contribution in [3.05, 3.63) is 76.5 Å². The average Bonchev–Trinajstić information content (AvgIpc) is 3.38. The molecule has 1 aliphatic rings. The van der Waals surface area contributed by atoms with Crippen molar-refractivity contribution in [2.24, 2.45) is 0 Å². The van der Waals surface area contributed by atoms with Gasteiger partial charge < -0.3 is 10.1 Å². The van der Waals surface area contributed by atoms with Crippen molar-refractivity contribution in [1.29, 1.82) is 0 Å². The third kappa shape index (κ3) is 4.71. The number of aromatic amines is 1. The fourth-order valence-corrected chi connectivity index (χ4v) is 4.62. The molecular formula is C25H29N3O3. The number of aromatic nitrogens is 1. The highest BCUT2D eigenvalue weighted by molar-refractivity contribution is 5.90. The number of carbonyl (C=O) groups is 1. The molecule has 0 spiro atoms. The van der Waals surface area contributed by atoms with E-state index in [0.717, 1.165) is 36.9 Å². The average molecular weight is 420 g/mol. The number of rotatable bonds is 8. The van der Waals surface area contributed by atoms with Gasteiger partial charge in [-0.2, -0.15) is 0 Å². The molecule has 1 aromatic heterocycles. The molecule has 162 valence electrons. The standard InChI is InChI=1S/C25H29N3O3/c1-17-2-7-23-22(14-17)20(16-26-23)10-11-28(12-13-29)24-8-5-19-15-18(3-6-21(19)24)4-9-25(30)27-31/h2-4,6-7,9,14-16,24,26,29,31H,5,8,10-13H2,1H3,(H,27,30). The molecule has 4 rings (SSSR count). The number of fused-ring (bicyclic) bond motifs is 2. The molecule has 31 heavy (non-hydrogen) atoms. The van der Waals surface area contributed by atoms with Crippen LogP contribution in [-0.4, -0.2) is 45.8 Å². The van der Waals surface area contributed by atoms with Crippen molar-refractivity contribution in [2.75, 3.05) is 19.7 Å². The van der Waals surface area contributed by atoms with E-state index in [1.165, 1.54) is 33.7 Å². The van der Waals surface area contributed by atoms with Gasteiger partial charge in [-0.05, 0) is 66.6 Å². The molecule has 0 radical (unpaired) electrons. The van der Waals surface area contributed by atoms with Gasteiger partial charge in [0.25, 0.3) is 5.91 Å². The summed E-state index contributed by atoms with van der Waals surface area (Å²) in [4.78, 5) is 17.0. The van der Waals surface area contributed by atoms with Crippen LogP contribution in [0.3, 0.4) is 0 Å². The minimum atomic E-state index is -0.542. The number of hydroxylamine groups is 1. The van der Waals surface area contributed by atoms with Crippen molar-refractivity contribution in [2.45, 2.75) is 32.2 Å². The molecule has 3 aromatic rings. The maximum absolute atomic E-state index is 11.2. The molecule has 0 bridgehead atoms. The number of hydrogen-bond donors (Lipinski definition) is 4. The normalized spacial score (nSPS) is 15.8. The number of nitrogens with zero attached hydrogens (tertiary/aromatic N) is 1. The van der Waals surface area contributed by atoms with Crippen LogP contribution < -0.4 is 5.48 Å². The molecule has 4 N–H and O–H groups in total. The van der Waals surface area contributed by atoms with Gasteiger partial charge in [-0.3, -0.25) is 14.9 Å². The first-order valence-corrected chi connectivity index (χ1v) is 10.8.